The molecule has 0 saturated carbocycles. The van der Waals surface area contributed by atoms with Crippen molar-refractivity contribution >= 4 is 8.25 Å². The van der Waals surface area contributed by atoms with Gasteiger partial charge in [-0.1, -0.05) is 18.2 Å². The molecule has 52 valence electrons. The Kier molecular flexibility index (Phi) is 5.74. The summed E-state index contributed by atoms with van der Waals surface area (Å²) in [5.74, 6) is 0.346. The van der Waals surface area contributed by atoms with E-state index in [0.717, 1.165) is 0 Å². The van der Waals surface area contributed by atoms with Gasteiger partial charge in [0, 0.05) is 0 Å². The topological polar surface area (TPSA) is 49.4 Å². The van der Waals surface area contributed by atoms with E-state index >= 15 is 0 Å². The second kappa shape index (κ2) is 5.70. The Bertz CT molecular complexity index is 227. The summed E-state index contributed by atoms with van der Waals surface area (Å²) in [4.78, 5) is 9.98. The Morgan fingerprint density at radius 3 is 2.27 bits per heavy atom. The third-order valence-corrected chi connectivity index (χ3v) is 1.28. The molecule has 0 radical (unpaired) electrons. The molecule has 11 heavy (non-hydrogen) atoms. The second-order valence-electron chi connectivity index (χ2n) is 1.63. The van der Waals surface area contributed by atoms with Crippen LogP contribution >= 0.6 is 8.25 Å². The minimum Gasteiger partial charge on any atom is -0.558 e. The maximum atomic E-state index is 9.98. The summed E-state index contributed by atoms with van der Waals surface area (Å²) >= 11 is 0. The van der Waals surface area contributed by atoms with Gasteiger partial charge in [0.15, 0.2) is 5.75 Å². The number of rotatable bonds is 2. The molecule has 5 heteroatoms. The standard InChI is InChI=1S/C6H5O3P.Na/c7-10(8)9-6-4-2-1-3-5-6;/h1-5H;/q;+1. The quantitative estimate of drug-likeness (QED) is 0.393. The fraction of sp³-hybridized carbons (Fsp3) is 0. The van der Waals surface area contributed by atoms with Crippen LogP contribution in [0.15, 0.2) is 30.3 Å². The van der Waals surface area contributed by atoms with Crippen molar-refractivity contribution in [2.45, 2.75) is 0 Å². The third-order valence-electron chi connectivity index (χ3n) is 0.923. The Morgan fingerprint density at radius 2 is 1.82 bits per heavy atom. The van der Waals surface area contributed by atoms with Gasteiger partial charge in [-0.3, -0.25) is 4.52 Å². The average molecular weight is 179 g/mol. The van der Waals surface area contributed by atoms with Crippen LogP contribution in [0.2, 0.25) is 0 Å². The smallest absolute Gasteiger partial charge is 0.558 e. The van der Waals surface area contributed by atoms with E-state index in [0.29, 0.717) is 5.75 Å². The van der Waals surface area contributed by atoms with Gasteiger partial charge in [0.1, 0.15) is 0 Å². The molecular formula is C6H5NaO3P+. The van der Waals surface area contributed by atoms with Crippen LogP contribution in [0.5, 0.6) is 5.75 Å². The fourth-order valence-corrected chi connectivity index (χ4v) is 0.861. The van der Waals surface area contributed by atoms with Crippen molar-refractivity contribution < 1.29 is 43.5 Å². The summed E-state index contributed by atoms with van der Waals surface area (Å²) in [6.45, 7) is 0. The Hall–Kier alpha value is 0.0800. The Balaban J connectivity index is 0.000001000. The van der Waals surface area contributed by atoms with Crippen molar-refractivity contribution in [2.24, 2.45) is 0 Å². The van der Waals surface area contributed by atoms with Gasteiger partial charge >= 0.3 is 37.8 Å². The van der Waals surface area contributed by atoms with Gasteiger partial charge in [-0.15, -0.1) is 0 Å². The van der Waals surface area contributed by atoms with E-state index in [9.17, 15) is 9.46 Å². The van der Waals surface area contributed by atoms with Crippen molar-refractivity contribution in [3.05, 3.63) is 30.3 Å². The molecule has 0 saturated heterocycles. The molecule has 0 aromatic heterocycles. The van der Waals surface area contributed by atoms with Crippen LogP contribution in [0.25, 0.3) is 0 Å². The van der Waals surface area contributed by atoms with E-state index < -0.39 is 8.25 Å². The van der Waals surface area contributed by atoms with Crippen LogP contribution in [0.3, 0.4) is 0 Å². The molecule has 0 heterocycles. The summed E-state index contributed by atoms with van der Waals surface area (Å²) in [6.07, 6.45) is 0. The monoisotopic (exact) mass is 179 g/mol. The first kappa shape index (κ1) is 11.1. The predicted molar refractivity (Wildman–Crippen MR) is 34.7 cm³/mol. The van der Waals surface area contributed by atoms with Gasteiger partial charge in [0.05, 0.1) is 0 Å². The molecule has 1 rings (SSSR count). The minimum absolute atomic E-state index is 0. The predicted octanol–water partition coefficient (Wildman–Crippen LogP) is -1.91. The largest absolute Gasteiger partial charge is 1.00 e. The zero-order valence-electron chi connectivity index (χ0n) is 6.06. The maximum Gasteiger partial charge on any atom is 1.00 e. The van der Waals surface area contributed by atoms with Crippen molar-refractivity contribution in [3.8, 4) is 5.75 Å². The molecule has 0 fully saturated rings. The van der Waals surface area contributed by atoms with E-state index in [4.69, 9.17) is 0 Å². The Morgan fingerprint density at radius 1 is 1.27 bits per heavy atom. The van der Waals surface area contributed by atoms with E-state index in [1.807, 2.05) is 0 Å². The van der Waals surface area contributed by atoms with Crippen molar-refractivity contribution in [3.63, 3.8) is 0 Å². The van der Waals surface area contributed by atoms with Crippen molar-refractivity contribution in [1.82, 2.24) is 0 Å². The van der Waals surface area contributed by atoms with Crippen LogP contribution in [0, 0.1) is 0 Å². The van der Waals surface area contributed by atoms with Crippen LogP contribution in [0.4, 0.5) is 0 Å². The normalized spacial score (nSPS) is 9.73. The summed E-state index contributed by atoms with van der Waals surface area (Å²) in [5.41, 5.74) is 0. The van der Waals surface area contributed by atoms with E-state index in [2.05, 4.69) is 4.52 Å². The summed E-state index contributed by atoms with van der Waals surface area (Å²) < 4.78 is 14.4. The summed E-state index contributed by atoms with van der Waals surface area (Å²) in [5, 5.41) is 0. The molecule has 3 nitrogen and oxygen atoms in total. The first-order valence-electron chi connectivity index (χ1n) is 2.66. The molecule has 1 aromatic rings. The van der Waals surface area contributed by atoms with Crippen LogP contribution in [-0.4, -0.2) is 0 Å². The second-order valence-corrected chi connectivity index (χ2v) is 2.26. The van der Waals surface area contributed by atoms with Gasteiger partial charge in [0.2, 0.25) is 0 Å². The first-order valence-corrected chi connectivity index (χ1v) is 3.76. The molecule has 0 amide bonds. The SMILES string of the molecule is O=[P+]([O-])Oc1ccccc1.[Na+]. The third kappa shape index (κ3) is 4.51. The minimum atomic E-state index is -2.78. The maximum absolute atomic E-state index is 9.98. The molecule has 0 aliphatic rings. The van der Waals surface area contributed by atoms with Gasteiger partial charge in [-0.2, -0.15) is 0 Å². The zero-order valence-corrected chi connectivity index (χ0v) is 8.95. The van der Waals surface area contributed by atoms with Gasteiger partial charge in [-0.25, -0.2) is 0 Å². The molecule has 1 unspecified atom stereocenters. The van der Waals surface area contributed by atoms with Crippen LogP contribution < -0.4 is 39.0 Å². The van der Waals surface area contributed by atoms with Crippen LogP contribution in [0.1, 0.15) is 0 Å². The van der Waals surface area contributed by atoms with Crippen molar-refractivity contribution in [2.75, 3.05) is 0 Å². The fourth-order valence-electron chi connectivity index (χ4n) is 0.567. The molecule has 1 aromatic carbocycles. The Labute approximate surface area is 87.6 Å². The number of para-hydroxylation sites is 1. The van der Waals surface area contributed by atoms with E-state index in [1.165, 1.54) is 0 Å². The zero-order chi connectivity index (χ0) is 7.40. The number of hydrogen-bond acceptors (Lipinski definition) is 3. The summed E-state index contributed by atoms with van der Waals surface area (Å²) in [6, 6.07) is 8.34. The molecule has 0 N–H and O–H groups in total. The number of benzene rings is 1. The van der Waals surface area contributed by atoms with E-state index in [-0.39, 0.29) is 29.6 Å². The molecule has 0 spiro atoms. The molecule has 1 atom stereocenters. The molecule has 0 aliphatic heterocycles. The van der Waals surface area contributed by atoms with Crippen LogP contribution in [-0.2, 0) is 4.57 Å². The number of hydrogen-bond donors (Lipinski definition) is 0. The molecule has 0 aliphatic carbocycles. The summed E-state index contributed by atoms with van der Waals surface area (Å²) in [7, 11) is -2.78. The van der Waals surface area contributed by atoms with Crippen molar-refractivity contribution in [1.29, 1.82) is 0 Å². The molecule has 0 bridgehead atoms. The molecular weight excluding hydrogens is 174 g/mol. The first-order chi connectivity index (χ1) is 4.79. The average Bonchev–Trinajstić information content (AvgIpc) is 1.88. The van der Waals surface area contributed by atoms with Gasteiger partial charge < -0.3 is 4.89 Å². The van der Waals surface area contributed by atoms with E-state index in [1.54, 1.807) is 30.3 Å². The van der Waals surface area contributed by atoms with Gasteiger partial charge in [0.25, 0.3) is 0 Å². The van der Waals surface area contributed by atoms with Gasteiger partial charge in [-0.05, 0) is 16.7 Å².